The average Bonchev–Trinajstić information content (AvgIpc) is 2.83. The van der Waals surface area contributed by atoms with Crippen LogP contribution >= 0.6 is 0 Å². The number of oxime groups is 1. The fraction of sp³-hybridized carbons (Fsp3) is 0.556. The smallest absolute Gasteiger partial charge is 0.399 e. The van der Waals surface area contributed by atoms with E-state index in [1.54, 1.807) is 13.8 Å². The van der Waals surface area contributed by atoms with Crippen molar-refractivity contribution < 1.29 is 18.9 Å². The maximum absolute atomic E-state index is 12.3. The van der Waals surface area contributed by atoms with Gasteiger partial charge in [0.1, 0.15) is 0 Å². The van der Waals surface area contributed by atoms with Crippen molar-refractivity contribution in [2.75, 3.05) is 0 Å². The highest BCUT2D eigenvalue weighted by Crippen LogP contribution is 2.36. The topological polar surface area (TPSA) is 57.1 Å². The molecule has 1 saturated heterocycles. The first-order valence-corrected chi connectivity index (χ1v) is 8.22. The molecule has 0 radical (unpaired) electrons. The van der Waals surface area contributed by atoms with Gasteiger partial charge in [-0.15, -0.1) is 0 Å². The molecule has 0 aliphatic carbocycles. The van der Waals surface area contributed by atoms with Gasteiger partial charge in [-0.25, -0.2) is 0 Å². The van der Waals surface area contributed by atoms with Crippen molar-refractivity contribution in [3.8, 4) is 0 Å². The number of rotatable bonds is 2. The van der Waals surface area contributed by atoms with Crippen molar-refractivity contribution in [2.24, 2.45) is 5.16 Å². The van der Waals surface area contributed by atoms with Crippen LogP contribution in [0.1, 0.15) is 52.7 Å². The zero-order chi connectivity index (χ0) is 17.9. The first kappa shape index (κ1) is 17.2. The summed E-state index contributed by atoms with van der Waals surface area (Å²) in [6.07, 6.45) is 0. The molecule has 1 fully saturated rings. The Labute approximate surface area is 143 Å². The SMILES string of the molecule is Cc1cc(C2=NOC(C)(C)C2=O)ccc1B1OC(C)(C)C(C)(C)O1. The molecule has 0 spiro atoms. The van der Waals surface area contributed by atoms with Crippen LogP contribution in [0.25, 0.3) is 0 Å². The normalized spacial score (nSPS) is 24.0. The maximum Gasteiger partial charge on any atom is 0.495 e. The molecule has 5 nitrogen and oxygen atoms in total. The quantitative estimate of drug-likeness (QED) is 0.782. The Morgan fingerprint density at radius 1 is 1.00 bits per heavy atom. The Morgan fingerprint density at radius 2 is 1.58 bits per heavy atom. The molecule has 24 heavy (non-hydrogen) atoms. The molecule has 1 aromatic carbocycles. The van der Waals surface area contributed by atoms with E-state index in [-0.39, 0.29) is 17.0 Å². The monoisotopic (exact) mass is 329 g/mol. The minimum Gasteiger partial charge on any atom is -0.399 e. The first-order chi connectivity index (χ1) is 10.9. The van der Waals surface area contributed by atoms with Crippen LogP contribution in [0.4, 0.5) is 0 Å². The summed E-state index contributed by atoms with van der Waals surface area (Å²) in [6, 6.07) is 5.74. The summed E-state index contributed by atoms with van der Waals surface area (Å²) in [5, 5.41) is 3.96. The minimum absolute atomic E-state index is 0.106. The molecule has 2 heterocycles. The molecule has 1 aromatic rings. The van der Waals surface area contributed by atoms with E-state index in [0.717, 1.165) is 16.6 Å². The fourth-order valence-corrected chi connectivity index (χ4v) is 2.77. The van der Waals surface area contributed by atoms with Crippen LogP contribution in [0.3, 0.4) is 0 Å². The third-order valence-electron chi connectivity index (χ3n) is 5.18. The molecule has 0 atom stereocenters. The van der Waals surface area contributed by atoms with Crippen LogP contribution in [0, 0.1) is 6.92 Å². The molecule has 0 N–H and O–H groups in total. The maximum atomic E-state index is 12.3. The van der Waals surface area contributed by atoms with Gasteiger partial charge in [0.05, 0.1) is 11.2 Å². The van der Waals surface area contributed by atoms with E-state index in [4.69, 9.17) is 14.1 Å². The van der Waals surface area contributed by atoms with Crippen LogP contribution in [-0.4, -0.2) is 35.4 Å². The highest BCUT2D eigenvalue weighted by molar-refractivity contribution is 6.62. The van der Waals surface area contributed by atoms with Crippen molar-refractivity contribution >= 4 is 24.1 Å². The molecular formula is C18H24BNO4. The molecule has 0 saturated carbocycles. The molecule has 128 valence electrons. The lowest BCUT2D eigenvalue weighted by atomic mass is 9.75. The minimum atomic E-state index is -0.895. The van der Waals surface area contributed by atoms with E-state index in [2.05, 4.69) is 5.16 Å². The molecule has 3 rings (SSSR count). The lowest BCUT2D eigenvalue weighted by Crippen LogP contribution is -2.41. The van der Waals surface area contributed by atoms with Gasteiger partial charge in [0.25, 0.3) is 0 Å². The predicted octanol–water partition coefficient (Wildman–Crippen LogP) is 2.38. The molecule has 0 unspecified atom stereocenters. The molecule has 6 heteroatoms. The van der Waals surface area contributed by atoms with Gasteiger partial charge in [-0.2, -0.15) is 0 Å². The zero-order valence-corrected chi connectivity index (χ0v) is 15.4. The van der Waals surface area contributed by atoms with E-state index in [9.17, 15) is 4.79 Å². The highest BCUT2D eigenvalue weighted by atomic mass is 16.7. The van der Waals surface area contributed by atoms with Gasteiger partial charge in [0.2, 0.25) is 5.78 Å². The Bertz CT molecular complexity index is 721. The van der Waals surface area contributed by atoms with E-state index < -0.39 is 12.7 Å². The Balaban J connectivity index is 1.89. The van der Waals surface area contributed by atoms with E-state index in [1.165, 1.54) is 0 Å². The van der Waals surface area contributed by atoms with Crippen molar-refractivity contribution in [3.63, 3.8) is 0 Å². The van der Waals surface area contributed by atoms with Crippen molar-refractivity contribution in [3.05, 3.63) is 29.3 Å². The van der Waals surface area contributed by atoms with E-state index >= 15 is 0 Å². The van der Waals surface area contributed by atoms with Crippen molar-refractivity contribution in [1.29, 1.82) is 0 Å². The van der Waals surface area contributed by atoms with Gasteiger partial charge in [0, 0.05) is 5.56 Å². The van der Waals surface area contributed by atoms with Crippen LogP contribution in [-0.2, 0) is 18.9 Å². The predicted molar refractivity (Wildman–Crippen MR) is 93.6 cm³/mol. The standard InChI is InChI=1S/C18H24BNO4/c1-11-10-12(14-15(21)16(2,3)24-20-14)8-9-13(11)19-22-17(4,5)18(6,7)23-19/h8-10H,1-7H3. The van der Waals surface area contributed by atoms with Crippen LogP contribution in [0.5, 0.6) is 0 Å². The Morgan fingerprint density at radius 3 is 2.04 bits per heavy atom. The first-order valence-electron chi connectivity index (χ1n) is 8.22. The number of benzene rings is 1. The number of carbonyl (C=O) groups is 1. The lowest BCUT2D eigenvalue weighted by Gasteiger charge is -2.32. The average molecular weight is 329 g/mol. The molecule has 2 aliphatic rings. The summed E-state index contributed by atoms with van der Waals surface area (Å²) in [5.74, 6) is -0.106. The second-order valence-corrected chi connectivity index (χ2v) is 8.03. The molecule has 0 amide bonds. The van der Waals surface area contributed by atoms with E-state index in [0.29, 0.717) is 5.71 Å². The highest BCUT2D eigenvalue weighted by Gasteiger charge is 2.52. The Kier molecular flexibility index (Phi) is 3.70. The lowest BCUT2D eigenvalue weighted by molar-refractivity contribution is -0.128. The van der Waals surface area contributed by atoms with Gasteiger partial charge in [-0.1, -0.05) is 22.9 Å². The second kappa shape index (κ2) is 5.17. The summed E-state index contributed by atoms with van der Waals surface area (Å²) in [7, 11) is -0.419. The summed E-state index contributed by atoms with van der Waals surface area (Å²) in [5.41, 5.74) is 1.41. The largest absolute Gasteiger partial charge is 0.495 e. The van der Waals surface area contributed by atoms with Crippen LogP contribution in [0.15, 0.2) is 23.4 Å². The molecule has 2 aliphatic heterocycles. The number of carbonyl (C=O) groups excluding carboxylic acids is 1. The van der Waals surface area contributed by atoms with Gasteiger partial charge >= 0.3 is 7.12 Å². The van der Waals surface area contributed by atoms with Crippen molar-refractivity contribution in [2.45, 2.75) is 65.3 Å². The number of Topliss-reactive ketones (excluding diaryl/α,β-unsaturated/α-hetero) is 1. The second-order valence-electron chi connectivity index (χ2n) is 8.03. The van der Waals surface area contributed by atoms with Crippen molar-refractivity contribution in [1.82, 2.24) is 0 Å². The summed E-state index contributed by atoms with van der Waals surface area (Å²) < 4.78 is 12.2. The molecule has 0 bridgehead atoms. The number of aryl methyl sites for hydroxylation is 1. The fourth-order valence-electron chi connectivity index (χ4n) is 2.77. The number of hydrogen-bond donors (Lipinski definition) is 0. The zero-order valence-electron chi connectivity index (χ0n) is 15.4. The molecular weight excluding hydrogens is 305 g/mol. The van der Waals surface area contributed by atoms with Gasteiger partial charge in [0.15, 0.2) is 11.3 Å². The van der Waals surface area contributed by atoms with Gasteiger partial charge in [-0.05, 0) is 60.0 Å². The van der Waals surface area contributed by atoms with Gasteiger partial charge in [-0.3, -0.25) is 4.79 Å². The van der Waals surface area contributed by atoms with Crippen LogP contribution in [0.2, 0.25) is 0 Å². The third-order valence-corrected chi connectivity index (χ3v) is 5.18. The number of ketones is 1. The Hall–Kier alpha value is -1.66. The third kappa shape index (κ3) is 2.58. The number of hydrogen-bond acceptors (Lipinski definition) is 5. The van der Waals surface area contributed by atoms with E-state index in [1.807, 2.05) is 52.8 Å². The summed E-state index contributed by atoms with van der Waals surface area (Å²) >= 11 is 0. The van der Waals surface area contributed by atoms with Gasteiger partial charge < -0.3 is 14.1 Å². The molecule has 0 aromatic heterocycles. The van der Waals surface area contributed by atoms with Crippen LogP contribution < -0.4 is 5.46 Å². The summed E-state index contributed by atoms with van der Waals surface area (Å²) in [4.78, 5) is 17.6. The summed E-state index contributed by atoms with van der Waals surface area (Å²) in [6.45, 7) is 13.5. The number of nitrogens with zero attached hydrogens (tertiary/aromatic N) is 1.